The predicted octanol–water partition coefficient (Wildman–Crippen LogP) is 3.21. The average Bonchev–Trinajstić information content (AvgIpc) is 3.32. The van der Waals surface area contributed by atoms with Crippen molar-refractivity contribution < 1.29 is 9.59 Å². The van der Waals surface area contributed by atoms with Crippen molar-refractivity contribution >= 4 is 50.1 Å². The molecule has 1 amide bonds. The van der Waals surface area contributed by atoms with E-state index in [1.807, 2.05) is 24.3 Å². The number of carbonyl (C=O) groups is 2. The standard InChI is InChI=1S/C18H14N6O2S2/c1-11(25)12-5-4-6-13(9-12)24-18(21-22-23-24)27-10-16(26)20-17-19-14-7-2-3-8-15(14)28-17/h2-9H,10H2,1H3,(H,19,20,26). The normalized spacial score (nSPS) is 10.9. The van der Waals surface area contributed by atoms with Gasteiger partial charge in [0.25, 0.3) is 0 Å². The summed E-state index contributed by atoms with van der Waals surface area (Å²) in [5.41, 5.74) is 2.08. The Labute approximate surface area is 168 Å². The molecule has 0 bridgehead atoms. The fourth-order valence-corrected chi connectivity index (χ4v) is 4.07. The molecular formula is C18H14N6O2S2. The molecule has 2 heterocycles. The van der Waals surface area contributed by atoms with E-state index in [4.69, 9.17) is 0 Å². The molecule has 0 aliphatic heterocycles. The lowest BCUT2D eigenvalue weighted by Crippen LogP contribution is -2.14. The summed E-state index contributed by atoms with van der Waals surface area (Å²) in [6.45, 7) is 1.50. The predicted molar refractivity (Wildman–Crippen MR) is 108 cm³/mol. The molecule has 0 radical (unpaired) electrons. The molecule has 10 heteroatoms. The number of amides is 1. The van der Waals surface area contributed by atoms with E-state index in [2.05, 4.69) is 25.8 Å². The number of tetrazole rings is 1. The van der Waals surface area contributed by atoms with Crippen molar-refractivity contribution in [3.63, 3.8) is 0 Å². The van der Waals surface area contributed by atoms with Gasteiger partial charge in [0.15, 0.2) is 10.9 Å². The lowest BCUT2D eigenvalue weighted by atomic mass is 10.1. The van der Waals surface area contributed by atoms with Crippen molar-refractivity contribution in [2.24, 2.45) is 0 Å². The van der Waals surface area contributed by atoms with Gasteiger partial charge in [-0.25, -0.2) is 4.98 Å². The Hall–Kier alpha value is -3.11. The van der Waals surface area contributed by atoms with Crippen molar-refractivity contribution in [2.75, 3.05) is 11.1 Å². The summed E-state index contributed by atoms with van der Waals surface area (Å²) in [6.07, 6.45) is 0. The van der Waals surface area contributed by atoms with Crippen molar-refractivity contribution in [1.82, 2.24) is 25.2 Å². The molecule has 0 fully saturated rings. The molecule has 1 N–H and O–H groups in total. The maximum atomic E-state index is 12.3. The highest BCUT2D eigenvalue weighted by Crippen LogP contribution is 2.26. The first kappa shape index (κ1) is 18.3. The summed E-state index contributed by atoms with van der Waals surface area (Å²) in [5.74, 6) is -0.113. The fourth-order valence-electron chi connectivity index (χ4n) is 2.50. The van der Waals surface area contributed by atoms with E-state index >= 15 is 0 Å². The van der Waals surface area contributed by atoms with Crippen LogP contribution in [-0.2, 0) is 4.79 Å². The van der Waals surface area contributed by atoms with Crippen molar-refractivity contribution in [3.8, 4) is 5.69 Å². The second kappa shape index (κ2) is 7.87. The summed E-state index contributed by atoms with van der Waals surface area (Å²) in [6, 6.07) is 14.7. The van der Waals surface area contributed by atoms with Gasteiger partial charge in [0.2, 0.25) is 11.1 Å². The highest BCUT2D eigenvalue weighted by molar-refractivity contribution is 7.99. The quantitative estimate of drug-likeness (QED) is 0.385. The topological polar surface area (TPSA) is 103 Å². The Bertz CT molecular complexity index is 1140. The largest absolute Gasteiger partial charge is 0.301 e. The number of benzene rings is 2. The van der Waals surface area contributed by atoms with Crippen molar-refractivity contribution in [2.45, 2.75) is 12.1 Å². The van der Waals surface area contributed by atoms with Crippen LogP contribution in [0.2, 0.25) is 0 Å². The van der Waals surface area contributed by atoms with Crippen LogP contribution in [0.4, 0.5) is 5.13 Å². The lowest BCUT2D eigenvalue weighted by Gasteiger charge is -2.05. The van der Waals surface area contributed by atoms with Gasteiger partial charge in [-0.15, -0.1) is 5.10 Å². The summed E-state index contributed by atoms with van der Waals surface area (Å²) >= 11 is 2.63. The van der Waals surface area contributed by atoms with E-state index in [0.717, 1.165) is 10.2 Å². The number of Topliss-reactive ketones (excluding diaryl/α,β-unsaturated/α-hetero) is 1. The van der Waals surface area contributed by atoms with Gasteiger partial charge >= 0.3 is 0 Å². The van der Waals surface area contributed by atoms with Crippen LogP contribution < -0.4 is 5.32 Å². The summed E-state index contributed by atoms with van der Waals surface area (Å²) in [7, 11) is 0. The van der Waals surface area contributed by atoms with Gasteiger partial charge in [-0.3, -0.25) is 9.59 Å². The van der Waals surface area contributed by atoms with E-state index in [9.17, 15) is 9.59 Å². The summed E-state index contributed by atoms with van der Waals surface area (Å²) < 4.78 is 2.52. The minimum absolute atomic E-state index is 0.0423. The monoisotopic (exact) mass is 410 g/mol. The second-order valence-electron chi connectivity index (χ2n) is 5.80. The molecule has 4 rings (SSSR count). The number of thiazole rings is 1. The number of fused-ring (bicyclic) bond motifs is 1. The van der Waals surface area contributed by atoms with Crippen LogP contribution in [0.3, 0.4) is 0 Å². The molecule has 0 unspecified atom stereocenters. The van der Waals surface area contributed by atoms with Crippen LogP contribution in [0.5, 0.6) is 0 Å². The van der Waals surface area contributed by atoms with Crippen LogP contribution >= 0.6 is 23.1 Å². The van der Waals surface area contributed by atoms with Gasteiger partial charge in [-0.1, -0.05) is 47.4 Å². The van der Waals surface area contributed by atoms with Gasteiger partial charge < -0.3 is 5.32 Å². The van der Waals surface area contributed by atoms with E-state index < -0.39 is 0 Å². The minimum atomic E-state index is -0.198. The number of anilines is 1. The number of aromatic nitrogens is 5. The van der Waals surface area contributed by atoms with Gasteiger partial charge in [0, 0.05) is 5.56 Å². The van der Waals surface area contributed by atoms with Crippen molar-refractivity contribution in [1.29, 1.82) is 0 Å². The zero-order chi connectivity index (χ0) is 19.5. The number of carbonyl (C=O) groups excluding carboxylic acids is 2. The third kappa shape index (κ3) is 3.92. The Kier molecular flexibility index (Phi) is 5.13. The Morgan fingerprint density at radius 3 is 2.86 bits per heavy atom. The molecule has 0 spiro atoms. The molecule has 0 saturated heterocycles. The van der Waals surface area contributed by atoms with E-state index in [-0.39, 0.29) is 17.4 Å². The molecule has 4 aromatic rings. The number of para-hydroxylation sites is 1. The molecule has 2 aromatic heterocycles. The third-order valence-electron chi connectivity index (χ3n) is 3.81. The molecule has 140 valence electrons. The smallest absolute Gasteiger partial charge is 0.236 e. The average molecular weight is 410 g/mol. The third-order valence-corrected chi connectivity index (χ3v) is 5.68. The fraction of sp³-hybridized carbons (Fsp3) is 0.111. The molecule has 2 aromatic carbocycles. The molecule has 0 saturated carbocycles. The van der Waals surface area contributed by atoms with Crippen LogP contribution in [-0.4, -0.2) is 42.6 Å². The summed E-state index contributed by atoms with van der Waals surface area (Å²) in [5, 5.41) is 15.4. The number of ketones is 1. The Balaban J connectivity index is 1.44. The maximum Gasteiger partial charge on any atom is 0.236 e. The van der Waals surface area contributed by atoms with Crippen LogP contribution in [0, 0.1) is 0 Å². The van der Waals surface area contributed by atoms with Crippen LogP contribution in [0.25, 0.3) is 15.9 Å². The number of hydrogen-bond acceptors (Lipinski definition) is 8. The molecule has 0 atom stereocenters. The summed E-state index contributed by atoms with van der Waals surface area (Å²) in [4.78, 5) is 28.3. The van der Waals surface area contributed by atoms with E-state index in [1.165, 1.54) is 34.7 Å². The van der Waals surface area contributed by atoms with E-state index in [0.29, 0.717) is 21.5 Å². The van der Waals surface area contributed by atoms with Gasteiger partial charge in [0.1, 0.15) is 0 Å². The Morgan fingerprint density at radius 1 is 1.18 bits per heavy atom. The van der Waals surface area contributed by atoms with E-state index in [1.54, 1.807) is 24.3 Å². The first-order chi connectivity index (χ1) is 13.6. The highest BCUT2D eigenvalue weighted by Gasteiger charge is 2.14. The van der Waals surface area contributed by atoms with Gasteiger partial charge in [-0.2, -0.15) is 4.68 Å². The number of nitrogens with one attached hydrogen (secondary N) is 1. The molecule has 8 nitrogen and oxygen atoms in total. The number of nitrogens with zero attached hydrogens (tertiary/aromatic N) is 5. The molecule has 28 heavy (non-hydrogen) atoms. The molecule has 0 aliphatic carbocycles. The van der Waals surface area contributed by atoms with Crippen molar-refractivity contribution in [3.05, 3.63) is 54.1 Å². The highest BCUT2D eigenvalue weighted by atomic mass is 32.2. The first-order valence-electron chi connectivity index (χ1n) is 8.28. The molecular weight excluding hydrogens is 396 g/mol. The maximum absolute atomic E-state index is 12.3. The zero-order valence-electron chi connectivity index (χ0n) is 14.7. The minimum Gasteiger partial charge on any atom is -0.301 e. The first-order valence-corrected chi connectivity index (χ1v) is 10.1. The SMILES string of the molecule is CC(=O)c1cccc(-n2nnnc2SCC(=O)Nc2nc3ccccc3s2)c1. The van der Waals surface area contributed by atoms with Gasteiger partial charge in [0.05, 0.1) is 21.7 Å². The Morgan fingerprint density at radius 2 is 2.04 bits per heavy atom. The number of thioether (sulfide) groups is 1. The van der Waals surface area contributed by atoms with Crippen LogP contribution in [0.15, 0.2) is 53.7 Å². The number of rotatable bonds is 6. The van der Waals surface area contributed by atoms with Gasteiger partial charge in [-0.05, 0) is 41.6 Å². The lowest BCUT2D eigenvalue weighted by molar-refractivity contribution is -0.113. The second-order valence-corrected chi connectivity index (χ2v) is 7.78. The number of hydrogen-bond donors (Lipinski definition) is 1. The molecule has 0 aliphatic rings. The zero-order valence-corrected chi connectivity index (χ0v) is 16.3. The van der Waals surface area contributed by atoms with Crippen LogP contribution in [0.1, 0.15) is 17.3 Å².